The highest BCUT2D eigenvalue weighted by Crippen LogP contribution is 2.30. The van der Waals surface area contributed by atoms with Gasteiger partial charge in [-0.2, -0.15) is 0 Å². The maximum atomic E-state index is 11.9. The number of hydrogen-bond donors (Lipinski definition) is 1. The molecule has 146 valence electrons. The molecule has 1 N–H and O–H groups in total. The molecule has 0 aromatic heterocycles. The number of nitrogens with one attached hydrogen (secondary N) is 1. The monoisotopic (exact) mass is 401 g/mol. The smallest absolute Gasteiger partial charge is 0.331 e. The van der Waals surface area contributed by atoms with Crippen molar-refractivity contribution in [2.45, 2.75) is 13.3 Å². The van der Waals surface area contributed by atoms with Gasteiger partial charge in [-0.25, -0.2) is 4.79 Å². The van der Waals surface area contributed by atoms with Crippen molar-refractivity contribution in [1.82, 2.24) is 0 Å². The van der Waals surface area contributed by atoms with Crippen LogP contribution in [0.2, 0.25) is 5.02 Å². The minimum atomic E-state index is -0.628. The van der Waals surface area contributed by atoms with E-state index in [1.807, 2.05) is 19.1 Å². The maximum absolute atomic E-state index is 11.9. The third-order valence-corrected chi connectivity index (χ3v) is 4.24. The second-order valence-corrected chi connectivity index (χ2v) is 6.64. The van der Waals surface area contributed by atoms with E-state index in [9.17, 15) is 9.59 Å². The topological polar surface area (TPSA) is 73.9 Å². The third-order valence-electron chi connectivity index (χ3n) is 3.93. The van der Waals surface area contributed by atoms with Crippen LogP contribution < -0.4 is 14.8 Å². The van der Waals surface area contributed by atoms with Gasteiger partial charge < -0.3 is 19.5 Å². The minimum absolute atomic E-state index is 0.408. The molecule has 2 aromatic rings. The predicted molar refractivity (Wildman–Crippen MR) is 107 cm³/mol. The molecule has 0 unspecified atom stereocenters. The molecular weight excluding hydrogens is 382 g/mol. The van der Waals surface area contributed by atoms with Crippen molar-refractivity contribution >= 4 is 35.2 Å². The lowest BCUT2D eigenvalue weighted by atomic mass is 10.2. The van der Waals surface area contributed by atoms with Crippen LogP contribution in [0, 0.1) is 6.92 Å². The molecule has 7 heteroatoms. The minimum Gasteiger partial charge on any atom is -0.490 e. The highest BCUT2D eigenvalue weighted by atomic mass is 35.5. The summed E-state index contributed by atoms with van der Waals surface area (Å²) in [4.78, 5) is 23.8. The van der Waals surface area contributed by atoms with Gasteiger partial charge in [-0.1, -0.05) is 23.7 Å². The summed E-state index contributed by atoms with van der Waals surface area (Å²) in [7, 11) is 0. The van der Waals surface area contributed by atoms with Gasteiger partial charge in [0.05, 0.1) is 23.9 Å². The van der Waals surface area contributed by atoms with Crippen LogP contribution in [0.3, 0.4) is 0 Å². The van der Waals surface area contributed by atoms with Crippen LogP contribution in [0.25, 0.3) is 6.08 Å². The van der Waals surface area contributed by atoms with Gasteiger partial charge in [0.15, 0.2) is 18.1 Å². The first-order valence-electron chi connectivity index (χ1n) is 8.82. The Balaban J connectivity index is 1.51. The first-order valence-corrected chi connectivity index (χ1v) is 9.19. The molecule has 0 atom stereocenters. The molecule has 0 saturated heterocycles. The lowest BCUT2D eigenvalue weighted by Crippen LogP contribution is -2.20. The summed E-state index contributed by atoms with van der Waals surface area (Å²) >= 11 is 6.06. The number of esters is 1. The van der Waals surface area contributed by atoms with E-state index < -0.39 is 18.5 Å². The Morgan fingerprint density at radius 3 is 2.71 bits per heavy atom. The second-order valence-electron chi connectivity index (χ2n) is 6.23. The standard InChI is InChI=1S/C21H20ClNO5/c1-14-3-6-17(16(22)11-14)23-20(24)13-28-21(25)8-5-15-4-7-18-19(12-15)27-10-2-9-26-18/h3-8,11-12H,2,9-10,13H2,1H3,(H,23,24)/b8-5+. The fourth-order valence-electron chi connectivity index (χ4n) is 2.54. The Bertz CT molecular complexity index is 910. The van der Waals surface area contributed by atoms with Gasteiger partial charge in [0.2, 0.25) is 0 Å². The molecule has 1 heterocycles. The normalized spacial score (nSPS) is 13.1. The quantitative estimate of drug-likeness (QED) is 0.605. The van der Waals surface area contributed by atoms with Crippen LogP contribution >= 0.6 is 11.6 Å². The van der Waals surface area contributed by atoms with Crippen LogP contribution in [0.5, 0.6) is 11.5 Å². The van der Waals surface area contributed by atoms with E-state index in [0.717, 1.165) is 17.5 Å². The third kappa shape index (κ3) is 5.50. The summed E-state index contributed by atoms with van der Waals surface area (Å²) in [5.74, 6) is 0.228. The van der Waals surface area contributed by atoms with E-state index in [4.69, 9.17) is 25.8 Å². The summed E-state index contributed by atoms with van der Waals surface area (Å²) < 4.78 is 16.1. The molecule has 0 radical (unpaired) electrons. The van der Waals surface area contributed by atoms with Crippen molar-refractivity contribution in [2.75, 3.05) is 25.1 Å². The molecule has 28 heavy (non-hydrogen) atoms. The zero-order chi connectivity index (χ0) is 19.9. The number of anilines is 1. The number of carbonyl (C=O) groups excluding carboxylic acids is 2. The molecule has 1 aliphatic heterocycles. The average molecular weight is 402 g/mol. The molecular formula is C21H20ClNO5. The molecule has 3 rings (SSSR count). The number of halogens is 1. The largest absolute Gasteiger partial charge is 0.490 e. The maximum Gasteiger partial charge on any atom is 0.331 e. The first kappa shape index (κ1) is 19.8. The van der Waals surface area contributed by atoms with Crippen LogP contribution in [-0.4, -0.2) is 31.7 Å². The number of amides is 1. The Hall–Kier alpha value is -2.99. The molecule has 1 amide bonds. The number of benzene rings is 2. The van der Waals surface area contributed by atoms with E-state index in [0.29, 0.717) is 35.4 Å². The van der Waals surface area contributed by atoms with Gasteiger partial charge in [-0.05, 0) is 48.4 Å². The summed E-state index contributed by atoms with van der Waals surface area (Å²) in [6.45, 7) is 2.69. The summed E-state index contributed by atoms with van der Waals surface area (Å²) in [5, 5.41) is 3.03. The molecule has 6 nitrogen and oxygen atoms in total. The Morgan fingerprint density at radius 2 is 1.93 bits per heavy atom. The predicted octanol–water partition coefficient (Wildman–Crippen LogP) is 4.00. The summed E-state index contributed by atoms with van der Waals surface area (Å²) in [6.07, 6.45) is 3.67. The van der Waals surface area contributed by atoms with Crippen molar-refractivity contribution in [1.29, 1.82) is 0 Å². The molecule has 0 bridgehead atoms. The highest BCUT2D eigenvalue weighted by molar-refractivity contribution is 6.33. The van der Waals surface area contributed by atoms with Crippen LogP contribution in [-0.2, 0) is 14.3 Å². The second kappa shape index (κ2) is 9.28. The fraction of sp³-hybridized carbons (Fsp3) is 0.238. The Kier molecular flexibility index (Phi) is 6.55. The van der Waals surface area contributed by atoms with E-state index in [-0.39, 0.29) is 0 Å². The van der Waals surface area contributed by atoms with E-state index in [1.165, 1.54) is 6.08 Å². The molecule has 1 aliphatic rings. The van der Waals surface area contributed by atoms with Crippen molar-refractivity contribution in [3.05, 3.63) is 58.6 Å². The lowest BCUT2D eigenvalue weighted by Gasteiger charge is -2.08. The first-order chi connectivity index (χ1) is 13.5. The van der Waals surface area contributed by atoms with Gasteiger partial charge >= 0.3 is 5.97 Å². The number of fused-ring (bicyclic) bond motifs is 1. The number of ether oxygens (including phenoxy) is 3. The molecule has 0 aliphatic carbocycles. The molecule has 0 saturated carbocycles. The van der Waals surface area contributed by atoms with Crippen molar-refractivity contribution in [3.63, 3.8) is 0 Å². The van der Waals surface area contributed by atoms with Crippen molar-refractivity contribution in [3.8, 4) is 11.5 Å². The van der Waals surface area contributed by atoms with E-state index in [1.54, 1.807) is 30.3 Å². The molecule has 2 aromatic carbocycles. The highest BCUT2D eigenvalue weighted by Gasteiger charge is 2.11. The summed E-state index contributed by atoms with van der Waals surface area (Å²) in [5.41, 5.74) is 2.21. The zero-order valence-electron chi connectivity index (χ0n) is 15.4. The number of rotatable bonds is 5. The lowest BCUT2D eigenvalue weighted by molar-refractivity contribution is -0.142. The van der Waals surface area contributed by atoms with Gasteiger partial charge in [-0.15, -0.1) is 0 Å². The van der Waals surface area contributed by atoms with Crippen molar-refractivity contribution in [2.24, 2.45) is 0 Å². The number of aryl methyl sites for hydroxylation is 1. The fourth-order valence-corrected chi connectivity index (χ4v) is 2.82. The average Bonchev–Trinajstić information content (AvgIpc) is 2.92. The van der Waals surface area contributed by atoms with Gasteiger partial charge in [0, 0.05) is 12.5 Å². The van der Waals surface area contributed by atoms with Gasteiger partial charge in [-0.3, -0.25) is 4.79 Å². The van der Waals surface area contributed by atoms with E-state index >= 15 is 0 Å². The van der Waals surface area contributed by atoms with Gasteiger partial charge in [0.25, 0.3) is 5.91 Å². The summed E-state index contributed by atoms with van der Waals surface area (Å²) in [6, 6.07) is 10.7. The van der Waals surface area contributed by atoms with Crippen LogP contribution in [0.1, 0.15) is 17.5 Å². The van der Waals surface area contributed by atoms with Crippen LogP contribution in [0.15, 0.2) is 42.5 Å². The number of hydrogen-bond acceptors (Lipinski definition) is 5. The molecule has 0 spiro atoms. The Morgan fingerprint density at radius 1 is 1.14 bits per heavy atom. The zero-order valence-corrected chi connectivity index (χ0v) is 16.1. The molecule has 0 fully saturated rings. The Labute approximate surface area is 168 Å². The van der Waals surface area contributed by atoms with Crippen LogP contribution in [0.4, 0.5) is 5.69 Å². The van der Waals surface area contributed by atoms with Gasteiger partial charge in [0.1, 0.15) is 0 Å². The number of carbonyl (C=O) groups is 2. The van der Waals surface area contributed by atoms with E-state index in [2.05, 4.69) is 5.32 Å². The SMILES string of the molecule is Cc1ccc(NC(=O)COC(=O)/C=C/c2ccc3c(c2)OCCCO3)c(Cl)c1. The van der Waals surface area contributed by atoms with Crippen molar-refractivity contribution < 1.29 is 23.8 Å².